The van der Waals surface area contributed by atoms with E-state index in [-0.39, 0.29) is 0 Å². The first-order valence-electron chi connectivity index (χ1n) is 5.89. The number of benzene rings is 1. The number of aromatic nitrogens is 2. The van der Waals surface area contributed by atoms with Crippen LogP contribution in [0.25, 0.3) is 11.1 Å². The number of aromatic amines is 1. The second-order valence-electron chi connectivity index (χ2n) is 3.83. The van der Waals surface area contributed by atoms with Crippen LogP contribution in [-0.2, 0) is 0 Å². The van der Waals surface area contributed by atoms with Crippen molar-refractivity contribution in [3.05, 3.63) is 18.3 Å². The first kappa shape index (κ1) is 13.1. The molecule has 0 aliphatic rings. The molecule has 1 aromatic carbocycles. The Morgan fingerprint density at radius 3 is 2.37 bits per heavy atom. The molecule has 0 saturated heterocycles. The number of nitrogens with one attached hydrogen (secondary N) is 1. The molecule has 3 N–H and O–H groups in total. The number of nitrogens with two attached hydrogens (primary N) is 1. The maximum absolute atomic E-state index is 5.85. The third-order valence-electron chi connectivity index (χ3n) is 2.74. The SMILES string of the molecule is CCOc1cc(-c2cn[nH]c2N)c(OC)cc1OC. The normalized spacial score (nSPS) is 10.3. The molecule has 0 atom stereocenters. The number of hydrogen-bond acceptors (Lipinski definition) is 5. The van der Waals surface area contributed by atoms with E-state index >= 15 is 0 Å². The molecule has 2 rings (SSSR count). The van der Waals surface area contributed by atoms with E-state index in [1.807, 2.05) is 13.0 Å². The van der Waals surface area contributed by atoms with Crippen LogP contribution in [0.2, 0.25) is 0 Å². The molecule has 102 valence electrons. The molecule has 0 radical (unpaired) electrons. The maximum atomic E-state index is 5.85. The quantitative estimate of drug-likeness (QED) is 0.863. The lowest BCUT2D eigenvalue weighted by molar-refractivity contribution is 0.309. The van der Waals surface area contributed by atoms with Gasteiger partial charge in [-0.05, 0) is 13.0 Å². The number of hydrogen-bond donors (Lipinski definition) is 2. The van der Waals surface area contributed by atoms with Gasteiger partial charge in [0.25, 0.3) is 0 Å². The van der Waals surface area contributed by atoms with Crippen LogP contribution in [0.1, 0.15) is 6.92 Å². The van der Waals surface area contributed by atoms with Gasteiger partial charge in [-0.2, -0.15) is 5.10 Å². The zero-order chi connectivity index (χ0) is 13.8. The molecule has 0 bridgehead atoms. The van der Waals surface area contributed by atoms with Crippen molar-refractivity contribution >= 4 is 5.82 Å². The highest BCUT2D eigenvalue weighted by molar-refractivity contribution is 5.80. The molecule has 0 aliphatic carbocycles. The van der Waals surface area contributed by atoms with E-state index in [0.717, 1.165) is 11.1 Å². The fraction of sp³-hybridized carbons (Fsp3) is 0.308. The summed E-state index contributed by atoms with van der Waals surface area (Å²) < 4.78 is 16.2. The summed E-state index contributed by atoms with van der Waals surface area (Å²) in [6.07, 6.45) is 1.65. The zero-order valence-corrected chi connectivity index (χ0v) is 11.2. The summed E-state index contributed by atoms with van der Waals surface area (Å²) in [5, 5.41) is 6.61. The summed E-state index contributed by atoms with van der Waals surface area (Å²) in [6, 6.07) is 3.61. The van der Waals surface area contributed by atoms with E-state index in [1.165, 1.54) is 0 Å². The van der Waals surface area contributed by atoms with E-state index in [9.17, 15) is 0 Å². The lowest BCUT2D eigenvalue weighted by atomic mass is 10.1. The number of nitrogens with zero attached hydrogens (tertiary/aromatic N) is 1. The number of nitrogen functional groups attached to an aromatic ring is 1. The number of ether oxygens (including phenoxy) is 3. The van der Waals surface area contributed by atoms with Crippen molar-refractivity contribution in [3.63, 3.8) is 0 Å². The molecule has 2 aromatic rings. The van der Waals surface area contributed by atoms with Crippen LogP contribution in [0.15, 0.2) is 18.3 Å². The van der Waals surface area contributed by atoms with E-state index < -0.39 is 0 Å². The number of anilines is 1. The highest BCUT2D eigenvalue weighted by atomic mass is 16.5. The molecule has 0 saturated carbocycles. The highest BCUT2D eigenvalue weighted by Gasteiger charge is 2.16. The molecular weight excluding hydrogens is 246 g/mol. The minimum atomic E-state index is 0.478. The first-order valence-corrected chi connectivity index (χ1v) is 5.89. The maximum Gasteiger partial charge on any atom is 0.164 e. The summed E-state index contributed by atoms with van der Waals surface area (Å²) in [5.74, 6) is 2.38. The van der Waals surface area contributed by atoms with Gasteiger partial charge in [-0.25, -0.2) is 0 Å². The van der Waals surface area contributed by atoms with Gasteiger partial charge in [0, 0.05) is 17.2 Å². The van der Waals surface area contributed by atoms with Gasteiger partial charge in [-0.15, -0.1) is 0 Å². The van der Waals surface area contributed by atoms with Gasteiger partial charge < -0.3 is 19.9 Å². The molecule has 0 amide bonds. The molecule has 0 aliphatic heterocycles. The third-order valence-corrected chi connectivity index (χ3v) is 2.74. The molecule has 6 nitrogen and oxygen atoms in total. The Labute approximate surface area is 111 Å². The van der Waals surface area contributed by atoms with Crippen molar-refractivity contribution in [2.75, 3.05) is 26.6 Å². The van der Waals surface area contributed by atoms with Crippen LogP contribution < -0.4 is 19.9 Å². The Morgan fingerprint density at radius 1 is 1.11 bits per heavy atom. The molecule has 0 unspecified atom stereocenters. The molecule has 0 spiro atoms. The monoisotopic (exact) mass is 263 g/mol. The van der Waals surface area contributed by atoms with Gasteiger partial charge in [0.05, 0.1) is 27.0 Å². The van der Waals surface area contributed by atoms with Gasteiger partial charge in [0.2, 0.25) is 0 Å². The summed E-state index contributed by atoms with van der Waals surface area (Å²) >= 11 is 0. The van der Waals surface area contributed by atoms with Crippen molar-refractivity contribution in [2.45, 2.75) is 6.92 Å². The second-order valence-corrected chi connectivity index (χ2v) is 3.83. The van der Waals surface area contributed by atoms with Crippen molar-refractivity contribution in [1.29, 1.82) is 0 Å². The highest BCUT2D eigenvalue weighted by Crippen LogP contribution is 2.41. The van der Waals surface area contributed by atoms with E-state index in [4.69, 9.17) is 19.9 Å². The summed E-state index contributed by atoms with van der Waals surface area (Å²) in [5.41, 5.74) is 7.41. The summed E-state index contributed by atoms with van der Waals surface area (Å²) in [7, 11) is 3.18. The molecular formula is C13H17N3O3. The topological polar surface area (TPSA) is 82.4 Å². The van der Waals surface area contributed by atoms with Gasteiger partial charge in [0.1, 0.15) is 11.6 Å². The number of rotatable bonds is 5. The van der Waals surface area contributed by atoms with Crippen molar-refractivity contribution in [3.8, 4) is 28.4 Å². The van der Waals surface area contributed by atoms with Crippen LogP contribution in [0, 0.1) is 0 Å². The Hall–Kier alpha value is -2.37. The standard InChI is InChI=1S/C13H17N3O3/c1-4-19-12-5-8(9-7-15-16-13(9)14)10(17-2)6-11(12)18-3/h5-7H,4H2,1-3H3,(H3,14,15,16). The summed E-state index contributed by atoms with van der Waals surface area (Å²) in [4.78, 5) is 0. The van der Waals surface area contributed by atoms with Crippen molar-refractivity contribution in [1.82, 2.24) is 10.2 Å². The van der Waals surface area contributed by atoms with Crippen LogP contribution in [0.3, 0.4) is 0 Å². The Morgan fingerprint density at radius 2 is 1.84 bits per heavy atom. The summed E-state index contributed by atoms with van der Waals surface area (Å²) in [6.45, 7) is 2.46. The Kier molecular flexibility index (Phi) is 3.79. The molecule has 19 heavy (non-hydrogen) atoms. The lowest BCUT2D eigenvalue weighted by Gasteiger charge is -2.14. The lowest BCUT2D eigenvalue weighted by Crippen LogP contribution is -1.98. The molecule has 1 heterocycles. The van der Waals surface area contributed by atoms with Gasteiger partial charge in [-0.1, -0.05) is 0 Å². The molecule has 6 heteroatoms. The van der Waals surface area contributed by atoms with Gasteiger partial charge >= 0.3 is 0 Å². The average Bonchev–Trinajstić information content (AvgIpc) is 2.84. The van der Waals surface area contributed by atoms with Crippen molar-refractivity contribution in [2.24, 2.45) is 0 Å². The van der Waals surface area contributed by atoms with E-state index in [0.29, 0.717) is 29.7 Å². The van der Waals surface area contributed by atoms with Gasteiger partial charge in [0.15, 0.2) is 11.5 Å². The van der Waals surface area contributed by atoms with Crippen LogP contribution in [0.5, 0.6) is 17.2 Å². The van der Waals surface area contributed by atoms with E-state index in [2.05, 4.69) is 10.2 Å². The Balaban J connectivity index is 2.59. The smallest absolute Gasteiger partial charge is 0.164 e. The minimum Gasteiger partial charge on any atom is -0.496 e. The van der Waals surface area contributed by atoms with Crippen LogP contribution in [-0.4, -0.2) is 31.0 Å². The predicted molar refractivity (Wildman–Crippen MR) is 72.7 cm³/mol. The van der Waals surface area contributed by atoms with Crippen LogP contribution in [0.4, 0.5) is 5.82 Å². The number of methoxy groups -OCH3 is 2. The predicted octanol–water partition coefficient (Wildman–Crippen LogP) is 2.07. The second kappa shape index (κ2) is 5.51. The van der Waals surface area contributed by atoms with E-state index in [1.54, 1.807) is 26.5 Å². The minimum absolute atomic E-state index is 0.478. The number of H-pyrrole nitrogens is 1. The largest absolute Gasteiger partial charge is 0.496 e. The first-order chi connectivity index (χ1) is 9.21. The third kappa shape index (κ3) is 2.42. The van der Waals surface area contributed by atoms with Crippen LogP contribution >= 0.6 is 0 Å². The average molecular weight is 263 g/mol. The molecule has 0 fully saturated rings. The van der Waals surface area contributed by atoms with Gasteiger partial charge in [-0.3, -0.25) is 5.10 Å². The fourth-order valence-corrected chi connectivity index (χ4v) is 1.86. The van der Waals surface area contributed by atoms with Crippen molar-refractivity contribution < 1.29 is 14.2 Å². The fourth-order valence-electron chi connectivity index (χ4n) is 1.86. The molecule has 1 aromatic heterocycles. The zero-order valence-electron chi connectivity index (χ0n) is 11.2. The Bertz CT molecular complexity index is 566.